The quantitative estimate of drug-likeness (QED) is 0.248. The van der Waals surface area contributed by atoms with E-state index in [1.54, 1.807) is 38.5 Å². The summed E-state index contributed by atoms with van der Waals surface area (Å²) in [5.41, 5.74) is 2.67. The standard InChI is InChI=1S/C37H48N2O6Si/c1-25-33(20-11-26-8-6-9-28(22-26)38-37(42)27-12-14-30(43-2)15-13-27)45-34(23-35(41)39-21-7-10-29(39)24-40)36(25)46(4,5)32-18-16-31(44-3)17-19-32/h6,8-9,12-19,22,25,29,33-34,36,40H,7,10-11,20-21,23-24H2,1-5H3,(H,38,42)/t25-,29-,33+,34-,36+/m0/s1. The van der Waals surface area contributed by atoms with Crippen LogP contribution in [0.2, 0.25) is 18.6 Å². The molecule has 46 heavy (non-hydrogen) atoms. The summed E-state index contributed by atoms with van der Waals surface area (Å²) >= 11 is 0. The van der Waals surface area contributed by atoms with E-state index in [-0.39, 0.29) is 48.1 Å². The number of likely N-dealkylation sites (tertiary alicyclic amines) is 1. The molecule has 2 fully saturated rings. The number of methoxy groups -OCH3 is 2. The van der Waals surface area contributed by atoms with E-state index in [9.17, 15) is 14.7 Å². The molecule has 0 saturated carbocycles. The van der Waals surface area contributed by atoms with E-state index in [0.717, 1.165) is 42.7 Å². The monoisotopic (exact) mass is 644 g/mol. The van der Waals surface area contributed by atoms with Crippen molar-refractivity contribution in [3.8, 4) is 11.5 Å². The molecule has 0 bridgehead atoms. The maximum absolute atomic E-state index is 13.6. The normalized spacial score (nSPS) is 22.9. The number of aliphatic hydroxyl groups is 1. The van der Waals surface area contributed by atoms with Crippen molar-refractivity contribution in [2.24, 2.45) is 5.92 Å². The SMILES string of the molecule is COc1ccc(C(=O)Nc2cccc(CC[C@H]3O[C@@H](CC(=O)N4CCC[C@H]4CO)[C@H]([Si](C)(C)c4ccc(OC)cc4)[C@H]3C)c2)cc1. The van der Waals surface area contributed by atoms with E-state index in [4.69, 9.17) is 14.2 Å². The number of anilines is 1. The third kappa shape index (κ3) is 7.48. The van der Waals surface area contributed by atoms with Crippen molar-refractivity contribution >= 4 is 30.8 Å². The molecule has 0 aliphatic carbocycles. The molecule has 2 amide bonds. The Balaban J connectivity index is 1.30. The summed E-state index contributed by atoms with van der Waals surface area (Å²) in [5, 5.41) is 14.2. The third-order valence-corrected chi connectivity index (χ3v) is 14.5. The number of amides is 2. The summed E-state index contributed by atoms with van der Waals surface area (Å²) in [4.78, 5) is 28.3. The number of carbonyl (C=O) groups excluding carboxylic acids is 2. The van der Waals surface area contributed by atoms with Crippen molar-refractivity contribution < 1.29 is 28.9 Å². The minimum absolute atomic E-state index is 0.00223. The van der Waals surface area contributed by atoms with Gasteiger partial charge in [-0.3, -0.25) is 9.59 Å². The highest BCUT2D eigenvalue weighted by Gasteiger charge is 2.51. The Kier molecular flexibility index (Phi) is 10.9. The molecule has 0 unspecified atom stereocenters. The van der Waals surface area contributed by atoms with E-state index in [1.807, 2.05) is 35.2 Å². The van der Waals surface area contributed by atoms with Gasteiger partial charge in [0.25, 0.3) is 5.91 Å². The van der Waals surface area contributed by atoms with Gasteiger partial charge in [0.15, 0.2) is 0 Å². The molecule has 3 aromatic rings. The highest BCUT2D eigenvalue weighted by atomic mass is 28.3. The summed E-state index contributed by atoms with van der Waals surface area (Å²) < 4.78 is 17.5. The van der Waals surface area contributed by atoms with Crippen molar-refractivity contribution in [1.29, 1.82) is 0 Å². The zero-order chi connectivity index (χ0) is 32.8. The van der Waals surface area contributed by atoms with Gasteiger partial charge in [0.2, 0.25) is 5.91 Å². The first-order valence-corrected chi connectivity index (χ1v) is 19.5. The van der Waals surface area contributed by atoms with Crippen LogP contribution in [0.3, 0.4) is 0 Å². The minimum Gasteiger partial charge on any atom is -0.497 e. The van der Waals surface area contributed by atoms with Gasteiger partial charge in [-0.05, 0) is 91.2 Å². The Labute approximate surface area is 274 Å². The molecule has 2 aliphatic rings. The first-order chi connectivity index (χ1) is 22.1. The topological polar surface area (TPSA) is 97.3 Å². The van der Waals surface area contributed by atoms with E-state index in [2.05, 4.69) is 43.5 Å². The smallest absolute Gasteiger partial charge is 0.255 e. The third-order valence-electron chi connectivity index (χ3n) is 10.1. The van der Waals surface area contributed by atoms with Crippen LogP contribution in [0.4, 0.5) is 5.69 Å². The molecule has 2 aliphatic heterocycles. The molecule has 2 N–H and O–H groups in total. The van der Waals surface area contributed by atoms with Gasteiger partial charge in [-0.1, -0.05) is 49.5 Å². The Bertz CT molecular complexity index is 1480. The predicted octanol–water partition coefficient (Wildman–Crippen LogP) is 5.65. The second kappa shape index (κ2) is 14.8. The number of aliphatic hydroxyl groups excluding tert-OH is 1. The lowest BCUT2D eigenvalue weighted by atomic mass is 9.95. The van der Waals surface area contributed by atoms with Crippen molar-refractivity contribution in [3.05, 3.63) is 83.9 Å². The van der Waals surface area contributed by atoms with E-state index < -0.39 is 8.07 Å². The molecule has 2 saturated heterocycles. The van der Waals surface area contributed by atoms with Gasteiger partial charge in [-0.25, -0.2) is 0 Å². The Morgan fingerprint density at radius 2 is 1.65 bits per heavy atom. The molecule has 8 nitrogen and oxygen atoms in total. The Morgan fingerprint density at radius 3 is 2.30 bits per heavy atom. The average Bonchev–Trinajstić information content (AvgIpc) is 3.68. The van der Waals surface area contributed by atoms with Crippen LogP contribution in [-0.2, 0) is 16.0 Å². The second-order valence-corrected chi connectivity index (χ2v) is 17.9. The molecule has 246 valence electrons. The van der Waals surface area contributed by atoms with Crippen LogP contribution < -0.4 is 20.0 Å². The van der Waals surface area contributed by atoms with Gasteiger partial charge in [0.1, 0.15) is 11.5 Å². The Morgan fingerprint density at radius 1 is 0.978 bits per heavy atom. The van der Waals surface area contributed by atoms with Gasteiger partial charge in [0.05, 0.1) is 53.6 Å². The molecular weight excluding hydrogens is 597 g/mol. The summed E-state index contributed by atoms with van der Waals surface area (Å²) in [6, 6.07) is 23.3. The number of benzene rings is 3. The van der Waals surface area contributed by atoms with Gasteiger partial charge in [0, 0.05) is 17.8 Å². The maximum atomic E-state index is 13.6. The maximum Gasteiger partial charge on any atom is 0.255 e. The number of ether oxygens (including phenoxy) is 3. The van der Waals surface area contributed by atoms with Gasteiger partial charge < -0.3 is 29.5 Å². The molecule has 9 heteroatoms. The minimum atomic E-state index is -2.11. The first kappa shape index (κ1) is 33.7. The Hall–Kier alpha value is -3.66. The first-order valence-electron chi connectivity index (χ1n) is 16.4. The lowest BCUT2D eigenvalue weighted by molar-refractivity contribution is -0.135. The lowest BCUT2D eigenvalue weighted by Gasteiger charge is -2.36. The highest BCUT2D eigenvalue weighted by molar-refractivity contribution is 6.91. The van der Waals surface area contributed by atoms with Crippen LogP contribution >= 0.6 is 0 Å². The van der Waals surface area contributed by atoms with Crippen LogP contribution in [-0.4, -0.2) is 75.5 Å². The van der Waals surface area contributed by atoms with Crippen LogP contribution in [0, 0.1) is 5.92 Å². The molecule has 2 heterocycles. The average molecular weight is 645 g/mol. The number of rotatable bonds is 12. The fraction of sp³-hybridized carbons (Fsp3) is 0.459. The van der Waals surface area contributed by atoms with Crippen molar-refractivity contribution in [2.75, 3.05) is 32.7 Å². The fourth-order valence-electron chi connectivity index (χ4n) is 7.55. The van der Waals surface area contributed by atoms with Crippen molar-refractivity contribution in [3.63, 3.8) is 0 Å². The largest absolute Gasteiger partial charge is 0.497 e. The number of aryl methyl sites for hydroxylation is 1. The number of nitrogens with zero attached hydrogens (tertiary/aromatic N) is 1. The van der Waals surface area contributed by atoms with E-state index >= 15 is 0 Å². The zero-order valence-corrected chi connectivity index (χ0v) is 28.7. The summed E-state index contributed by atoms with van der Waals surface area (Å²) in [5.74, 6) is 1.71. The van der Waals surface area contributed by atoms with E-state index in [1.165, 1.54) is 5.19 Å². The van der Waals surface area contributed by atoms with Crippen molar-refractivity contribution in [1.82, 2.24) is 4.90 Å². The number of hydrogen-bond donors (Lipinski definition) is 2. The van der Waals surface area contributed by atoms with Crippen LogP contribution in [0.1, 0.15) is 48.5 Å². The van der Waals surface area contributed by atoms with Crippen LogP contribution in [0.15, 0.2) is 72.8 Å². The molecule has 3 aromatic carbocycles. The summed E-state index contributed by atoms with van der Waals surface area (Å²) in [6.07, 6.45) is 3.52. The molecule has 5 atom stereocenters. The fourth-order valence-corrected chi connectivity index (χ4v) is 11.6. The van der Waals surface area contributed by atoms with Gasteiger partial charge in [-0.15, -0.1) is 0 Å². The van der Waals surface area contributed by atoms with Crippen LogP contribution in [0.5, 0.6) is 11.5 Å². The highest BCUT2D eigenvalue weighted by Crippen LogP contribution is 2.46. The molecule has 0 radical (unpaired) electrons. The summed E-state index contributed by atoms with van der Waals surface area (Å²) in [6.45, 7) is 7.77. The number of hydrogen-bond acceptors (Lipinski definition) is 6. The molecule has 5 rings (SSSR count). The zero-order valence-electron chi connectivity index (χ0n) is 27.7. The molecule has 0 aromatic heterocycles. The number of carbonyl (C=O) groups is 2. The van der Waals surface area contributed by atoms with Crippen molar-refractivity contribution in [2.45, 2.75) is 75.9 Å². The van der Waals surface area contributed by atoms with Crippen LogP contribution in [0.25, 0.3) is 0 Å². The van der Waals surface area contributed by atoms with E-state index in [0.29, 0.717) is 24.3 Å². The second-order valence-electron chi connectivity index (χ2n) is 13.2. The van der Waals surface area contributed by atoms with Gasteiger partial charge >= 0.3 is 0 Å². The molecule has 0 spiro atoms. The van der Waals surface area contributed by atoms with Gasteiger partial charge in [-0.2, -0.15) is 0 Å². The predicted molar refractivity (Wildman–Crippen MR) is 184 cm³/mol. The number of nitrogens with one attached hydrogen (secondary N) is 1. The lowest BCUT2D eigenvalue weighted by Crippen LogP contribution is -2.51. The molecular formula is C37H48N2O6Si. The summed E-state index contributed by atoms with van der Waals surface area (Å²) in [7, 11) is 1.17.